The highest BCUT2D eigenvalue weighted by Crippen LogP contribution is 2.40. The van der Waals surface area contributed by atoms with Crippen molar-refractivity contribution < 1.29 is 27.9 Å². The molecular weight excluding hydrogens is 263 g/mol. The van der Waals surface area contributed by atoms with Crippen LogP contribution in [0.1, 0.15) is 34.1 Å². The summed E-state index contributed by atoms with van der Waals surface area (Å²) in [6.07, 6.45) is -5.26. The van der Waals surface area contributed by atoms with Crippen LogP contribution in [-0.4, -0.2) is 41.1 Å². The average molecular weight is 283 g/mol. The number of carbonyl (C=O) groups excluding carboxylic acids is 1. The van der Waals surface area contributed by atoms with Crippen LogP contribution in [0.4, 0.5) is 13.2 Å². The van der Waals surface area contributed by atoms with E-state index in [-0.39, 0.29) is 12.5 Å². The van der Waals surface area contributed by atoms with E-state index in [0.29, 0.717) is 0 Å². The Bertz CT molecular complexity index is 338. The average Bonchev–Trinajstić information content (AvgIpc) is 2.12. The van der Waals surface area contributed by atoms with Gasteiger partial charge in [0.25, 0.3) is 0 Å². The summed E-state index contributed by atoms with van der Waals surface area (Å²) in [5.74, 6) is -2.05. The lowest BCUT2D eigenvalue weighted by molar-refractivity contribution is -0.215. The zero-order chi connectivity index (χ0) is 15.4. The number of amides is 1. The van der Waals surface area contributed by atoms with Gasteiger partial charge in [0.2, 0.25) is 5.91 Å². The van der Waals surface area contributed by atoms with Crippen LogP contribution in [-0.2, 0) is 9.59 Å². The summed E-state index contributed by atoms with van der Waals surface area (Å²) >= 11 is 0. The monoisotopic (exact) mass is 283 g/mol. The largest absolute Gasteiger partial charge is 0.480 e. The number of carboxylic acid groups (broad SMARTS) is 1. The second-order valence-corrected chi connectivity index (χ2v) is 5.62. The number of halogens is 3. The van der Waals surface area contributed by atoms with Gasteiger partial charge in [0, 0.05) is 13.0 Å². The van der Waals surface area contributed by atoms with E-state index < -0.39 is 36.4 Å². The number of nitrogens with zero attached hydrogens (tertiary/aromatic N) is 1. The molecule has 0 spiro atoms. The fourth-order valence-corrected chi connectivity index (χ4v) is 1.45. The van der Waals surface area contributed by atoms with Crippen LogP contribution >= 0.6 is 0 Å². The Balaban J connectivity index is 4.86. The minimum atomic E-state index is -4.50. The maximum atomic E-state index is 12.7. The van der Waals surface area contributed by atoms with Crippen molar-refractivity contribution in [1.82, 2.24) is 4.90 Å². The predicted molar refractivity (Wildman–Crippen MR) is 63.5 cm³/mol. The summed E-state index contributed by atoms with van der Waals surface area (Å²) < 4.78 is 38.1. The summed E-state index contributed by atoms with van der Waals surface area (Å²) in [6.45, 7) is 4.93. The van der Waals surface area contributed by atoms with Crippen molar-refractivity contribution in [3.8, 4) is 0 Å². The zero-order valence-electron chi connectivity index (χ0n) is 11.5. The van der Waals surface area contributed by atoms with Gasteiger partial charge in [-0.1, -0.05) is 27.7 Å². The van der Waals surface area contributed by atoms with Gasteiger partial charge < -0.3 is 10.0 Å². The van der Waals surface area contributed by atoms with Crippen LogP contribution in [0.25, 0.3) is 0 Å². The molecule has 0 radical (unpaired) electrons. The Morgan fingerprint density at radius 3 is 2.00 bits per heavy atom. The van der Waals surface area contributed by atoms with Gasteiger partial charge in [0.05, 0.1) is 5.41 Å². The summed E-state index contributed by atoms with van der Waals surface area (Å²) in [6, 6.07) is 0. The van der Waals surface area contributed by atoms with Gasteiger partial charge in [-0.3, -0.25) is 9.59 Å². The van der Waals surface area contributed by atoms with E-state index in [1.54, 1.807) is 13.8 Å². The molecule has 0 aromatic heterocycles. The molecule has 0 saturated heterocycles. The maximum absolute atomic E-state index is 12.7. The third-order valence-electron chi connectivity index (χ3n) is 2.62. The Morgan fingerprint density at radius 2 is 1.68 bits per heavy atom. The zero-order valence-corrected chi connectivity index (χ0v) is 11.5. The molecule has 1 amide bonds. The molecule has 0 aliphatic rings. The first-order valence-electron chi connectivity index (χ1n) is 5.93. The van der Waals surface area contributed by atoms with Crippen molar-refractivity contribution in [2.75, 3.05) is 13.1 Å². The maximum Gasteiger partial charge on any atom is 0.394 e. The highest BCUT2D eigenvalue weighted by atomic mass is 19.4. The van der Waals surface area contributed by atoms with E-state index in [1.165, 1.54) is 0 Å². The third kappa shape index (κ3) is 5.94. The van der Waals surface area contributed by atoms with E-state index in [9.17, 15) is 22.8 Å². The van der Waals surface area contributed by atoms with Gasteiger partial charge in [-0.15, -0.1) is 0 Å². The molecule has 4 nitrogen and oxygen atoms in total. The molecule has 0 rings (SSSR count). The van der Waals surface area contributed by atoms with E-state index in [1.807, 2.05) is 0 Å². The highest BCUT2D eigenvalue weighted by Gasteiger charge is 2.48. The number of carbonyl (C=O) groups is 2. The molecule has 0 atom stereocenters. The molecule has 112 valence electrons. The van der Waals surface area contributed by atoms with Crippen LogP contribution in [0.15, 0.2) is 0 Å². The van der Waals surface area contributed by atoms with Gasteiger partial charge in [0.15, 0.2) is 0 Å². The topological polar surface area (TPSA) is 57.6 Å². The molecule has 0 aromatic rings. The van der Waals surface area contributed by atoms with Crippen molar-refractivity contribution in [3.63, 3.8) is 0 Å². The molecule has 19 heavy (non-hydrogen) atoms. The minimum absolute atomic E-state index is 0.0164. The predicted octanol–water partition coefficient (Wildman–Crippen LogP) is 2.53. The smallest absolute Gasteiger partial charge is 0.394 e. The van der Waals surface area contributed by atoms with Crippen LogP contribution in [0, 0.1) is 11.3 Å². The molecule has 0 heterocycles. The van der Waals surface area contributed by atoms with Crippen LogP contribution in [0.5, 0.6) is 0 Å². The number of aliphatic carboxylic acids is 1. The highest BCUT2D eigenvalue weighted by molar-refractivity contribution is 5.81. The number of alkyl halides is 3. The molecule has 0 unspecified atom stereocenters. The minimum Gasteiger partial charge on any atom is -0.480 e. The second-order valence-electron chi connectivity index (χ2n) is 5.62. The van der Waals surface area contributed by atoms with Crippen molar-refractivity contribution in [2.45, 2.75) is 40.3 Å². The van der Waals surface area contributed by atoms with Crippen molar-refractivity contribution in [2.24, 2.45) is 11.3 Å². The van der Waals surface area contributed by atoms with E-state index in [0.717, 1.165) is 18.7 Å². The summed E-state index contributed by atoms with van der Waals surface area (Å²) in [4.78, 5) is 23.4. The van der Waals surface area contributed by atoms with Crippen LogP contribution in [0.2, 0.25) is 0 Å². The Labute approximate surface area is 110 Å². The van der Waals surface area contributed by atoms with Gasteiger partial charge in [0.1, 0.15) is 6.54 Å². The molecule has 0 aliphatic carbocycles. The summed E-state index contributed by atoms with van der Waals surface area (Å²) in [7, 11) is 0. The number of hydrogen-bond acceptors (Lipinski definition) is 2. The standard InChI is InChI=1S/C12H20F3NO3/c1-8(2)6-16(7-10(18)19)9(17)5-11(3,4)12(13,14)15/h8H,5-7H2,1-4H3,(H,18,19). The van der Waals surface area contributed by atoms with Crippen molar-refractivity contribution in [1.29, 1.82) is 0 Å². The SMILES string of the molecule is CC(C)CN(CC(=O)O)C(=O)CC(C)(C)C(F)(F)F. The van der Waals surface area contributed by atoms with Gasteiger partial charge >= 0.3 is 12.1 Å². The lowest BCUT2D eigenvalue weighted by atomic mass is 9.88. The number of hydrogen-bond donors (Lipinski definition) is 1. The second kappa shape index (κ2) is 6.25. The first-order chi connectivity index (χ1) is 8.36. The van der Waals surface area contributed by atoms with E-state index in [4.69, 9.17) is 5.11 Å². The van der Waals surface area contributed by atoms with E-state index >= 15 is 0 Å². The Kier molecular flexibility index (Phi) is 5.83. The summed E-state index contributed by atoms with van der Waals surface area (Å²) in [5.41, 5.74) is -2.17. The van der Waals surface area contributed by atoms with Crippen LogP contribution < -0.4 is 0 Å². The first-order valence-corrected chi connectivity index (χ1v) is 5.93. The fourth-order valence-electron chi connectivity index (χ4n) is 1.45. The third-order valence-corrected chi connectivity index (χ3v) is 2.62. The Hall–Kier alpha value is -1.27. The number of rotatable bonds is 6. The lowest BCUT2D eigenvalue weighted by Crippen LogP contribution is -2.43. The number of carboxylic acids is 1. The molecule has 0 saturated carbocycles. The quantitative estimate of drug-likeness (QED) is 0.815. The Morgan fingerprint density at radius 1 is 1.21 bits per heavy atom. The molecule has 0 aromatic carbocycles. The van der Waals surface area contributed by atoms with E-state index in [2.05, 4.69) is 0 Å². The molecule has 1 N–H and O–H groups in total. The normalized spacial score (nSPS) is 12.6. The van der Waals surface area contributed by atoms with Gasteiger partial charge in [-0.2, -0.15) is 13.2 Å². The van der Waals surface area contributed by atoms with Gasteiger partial charge in [-0.25, -0.2) is 0 Å². The lowest BCUT2D eigenvalue weighted by Gasteiger charge is -2.30. The van der Waals surface area contributed by atoms with Crippen molar-refractivity contribution in [3.05, 3.63) is 0 Å². The molecular formula is C12H20F3NO3. The molecule has 7 heteroatoms. The van der Waals surface area contributed by atoms with Crippen molar-refractivity contribution >= 4 is 11.9 Å². The molecule has 0 aliphatic heterocycles. The fraction of sp³-hybridized carbons (Fsp3) is 0.833. The van der Waals surface area contributed by atoms with Gasteiger partial charge in [-0.05, 0) is 5.92 Å². The summed E-state index contributed by atoms with van der Waals surface area (Å²) in [5, 5.41) is 8.69. The molecule has 0 fully saturated rings. The van der Waals surface area contributed by atoms with Crippen LogP contribution in [0.3, 0.4) is 0 Å². The first kappa shape index (κ1) is 17.7. The molecule has 0 bridgehead atoms.